The Morgan fingerprint density at radius 1 is 1.41 bits per heavy atom. The summed E-state index contributed by atoms with van der Waals surface area (Å²) in [6.45, 7) is 3.39. The molecule has 2 nitrogen and oxygen atoms in total. The van der Waals surface area contributed by atoms with Crippen LogP contribution in [-0.2, 0) is 4.74 Å². The molecule has 0 amide bonds. The van der Waals surface area contributed by atoms with Crippen molar-refractivity contribution in [2.75, 3.05) is 13.2 Å². The maximum absolute atomic E-state index is 13.0. The van der Waals surface area contributed by atoms with E-state index in [1.165, 1.54) is 12.1 Å². The van der Waals surface area contributed by atoms with Gasteiger partial charge in [0, 0.05) is 13.2 Å². The molecule has 0 aromatic heterocycles. The normalized spacial score (nSPS) is 12.1. The Hall–Kier alpha value is -1.40. The van der Waals surface area contributed by atoms with E-state index < -0.39 is 0 Å². The largest absolute Gasteiger partial charge is 0.381 e. The first-order valence-corrected chi connectivity index (χ1v) is 6.00. The van der Waals surface area contributed by atoms with Gasteiger partial charge in [-0.1, -0.05) is 25.5 Å². The lowest BCUT2D eigenvalue weighted by Crippen LogP contribution is -2.03. The van der Waals surface area contributed by atoms with Crippen molar-refractivity contribution < 1.29 is 9.13 Å². The van der Waals surface area contributed by atoms with Gasteiger partial charge in [-0.2, -0.15) is 5.26 Å². The van der Waals surface area contributed by atoms with Crippen LogP contribution in [0.2, 0.25) is 0 Å². The molecule has 92 valence electrons. The molecule has 0 radical (unpaired) electrons. The van der Waals surface area contributed by atoms with Gasteiger partial charge in [0.25, 0.3) is 0 Å². The zero-order valence-corrected chi connectivity index (χ0v) is 10.2. The summed E-state index contributed by atoms with van der Waals surface area (Å²) in [5.41, 5.74) is 0.728. The smallest absolute Gasteiger partial charge is 0.123 e. The SMILES string of the molecule is CCCCOCCC(C#N)c1cccc(F)c1. The summed E-state index contributed by atoms with van der Waals surface area (Å²) in [6, 6.07) is 8.40. The van der Waals surface area contributed by atoms with E-state index in [0.717, 1.165) is 25.0 Å². The third-order valence-corrected chi connectivity index (χ3v) is 2.60. The Kier molecular flexibility index (Phi) is 6.27. The highest BCUT2D eigenvalue weighted by atomic mass is 19.1. The van der Waals surface area contributed by atoms with Crippen molar-refractivity contribution in [1.82, 2.24) is 0 Å². The van der Waals surface area contributed by atoms with Gasteiger partial charge in [0.15, 0.2) is 0 Å². The molecule has 3 heteroatoms. The molecule has 1 aromatic carbocycles. The molecule has 0 fully saturated rings. The third-order valence-electron chi connectivity index (χ3n) is 2.60. The molecule has 0 aliphatic rings. The van der Waals surface area contributed by atoms with Crippen molar-refractivity contribution in [2.45, 2.75) is 32.1 Å². The summed E-state index contributed by atoms with van der Waals surface area (Å²) in [7, 11) is 0. The van der Waals surface area contributed by atoms with Crippen LogP contribution < -0.4 is 0 Å². The fourth-order valence-electron chi connectivity index (χ4n) is 1.58. The summed E-state index contributed by atoms with van der Waals surface area (Å²) < 4.78 is 18.4. The average molecular weight is 235 g/mol. The van der Waals surface area contributed by atoms with Gasteiger partial charge in [-0.3, -0.25) is 0 Å². The van der Waals surface area contributed by atoms with Gasteiger partial charge in [0.05, 0.1) is 12.0 Å². The molecule has 0 aliphatic carbocycles. The number of unbranched alkanes of at least 4 members (excludes halogenated alkanes) is 1. The van der Waals surface area contributed by atoms with E-state index in [2.05, 4.69) is 13.0 Å². The number of hydrogen-bond acceptors (Lipinski definition) is 2. The molecule has 1 rings (SSSR count). The van der Waals surface area contributed by atoms with Crippen LogP contribution >= 0.6 is 0 Å². The lowest BCUT2D eigenvalue weighted by molar-refractivity contribution is 0.127. The van der Waals surface area contributed by atoms with Crippen LogP contribution in [0.3, 0.4) is 0 Å². The van der Waals surface area contributed by atoms with E-state index in [4.69, 9.17) is 10.00 Å². The summed E-state index contributed by atoms with van der Waals surface area (Å²) >= 11 is 0. The van der Waals surface area contributed by atoms with Crippen LogP contribution in [-0.4, -0.2) is 13.2 Å². The van der Waals surface area contributed by atoms with Gasteiger partial charge in [0.1, 0.15) is 5.82 Å². The number of benzene rings is 1. The molecule has 0 N–H and O–H groups in total. The highest BCUT2D eigenvalue weighted by Crippen LogP contribution is 2.19. The van der Waals surface area contributed by atoms with Crippen LogP contribution in [0.15, 0.2) is 24.3 Å². The zero-order chi connectivity index (χ0) is 12.5. The Morgan fingerprint density at radius 2 is 2.24 bits per heavy atom. The highest BCUT2D eigenvalue weighted by molar-refractivity contribution is 5.25. The lowest BCUT2D eigenvalue weighted by Gasteiger charge is -2.09. The quantitative estimate of drug-likeness (QED) is 0.676. The Balaban J connectivity index is 2.41. The minimum atomic E-state index is -0.297. The molecule has 17 heavy (non-hydrogen) atoms. The first-order valence-electron chi connectivity index (χ1n) is 6.00. The number of rotatable bonds is 7. The molecule has 1 aromatic rings. The average Bonchev–Trinajstić information content (AvgIpc) is 2.34. The summed E-state index contributed by atoms with van der Waals surface area (Å²) in [4.78, 5) is 0. The molecule has 0 heterocycles. The van der Waals surface area contributed by atoms with Gasteiger partial charge in [-0.25, -0.2) is 4.39 Å². The zero-order valence-electron chi connectivity index (χ0n) is 10.2. The van der Waals surface area contributed by atoms with Crippen molar-refractivity contribution in [3.05, 3.63) is 35.6 Å². The van der Waals surface area contributed by atoms with Gasteiger partial charge in [0.2, 0.25) is 0 Å². The summed E-state index contributed by atoms with van der Waals surface area (Å²) in [6.07, 6.45) is 2.76. The van der Waals surface area contributed by atoms with Crippen LogP contribution in [0, 0.1) is 17.1 Å². The number of hydrogen-bond donors (Lipinski definition) is 0. The van der Waals surface area contributed by atoms with Gasteiger partial charge >= 0.3 is 0 Å². The van der Waals surface area contributed by atoms with Crippen LogP contribution in [0.5, 0.6) is 0 Å². The van der Waals surface area contributed by atoms with Crippen molar-refractivity contribution in [1.29, 1.82) is 5.26 Å². The number of halogens is 1. The Bertz CT molecular complexity index is 373. The molecular formula is C14H18FNO. The van der Waals surface area contributed by atoms with Crippen LogP contribution in [0.25, 0.3) is 0 Å². The van der Waals surface area contributed by atoms with Gasteiger partial charge < -0.3 is 4.74 Å². The third kappa shape index (κ3) is 4.97. The molecule has 1 unspecified atom stereocenters. The van der Waals surface area contributed by atoms with E-state index >= 15 is 0 Å². The van der Waals surface area contributed by atoms with E-state index in [1.807, 2.05) is 0 Å². The Labute approximate surface area is 102 Å². The molecule has 0 spiro atoms. The van der Waals surface area contributed by atoms with Gasteiger partial charge in [-0.15, -0.1) is 0 Å². The molecule has 0 aliphatic heterocycles. The van der Waals surface area contributed by atoms with Crippen molar-refractivity contribution >= 4 is 0 Å². The number of nitriles is 1. The Morgan fingerprint density at radius 3 is 2.88 bits per heavy atom. The molecule has 0 saturated carbocycles. The second-order valence-corrected chi connectivity index (χ2v) is 3.99. The van der Waals surface area contributed by atoms with Crippen LogP contribution in [0.1, 0.15) is 37.7 Å². The van der Waals surface area contributed by atoms with Gasteiger partial charge in [-0.05, 0) is 30.5 Å². The first kappa shape index (κ1) is 13.7. The minimum Gasteiger partial charge on any atom is -0.381 e. The molecule has 1 atom stereocenters. The van der Waals surface area contributed by atoms with Crippen LogP contribution in [0.4, 0.5) is 4.39 Å². The standard InChI is InChI=1S/C14H18FNO/c1-2-3-8-17-9-7-13(11-16)12-5-4-6-14(15)10-12/h4-6,10,13H,2-3,7-9H2,1H3. The van der Waals surface area contributed by atoms with E-state index in [-0.39, 0.29) is 11.7 Å². The van der Waals surface area contributed by atoms with E-state index in [9.17, 15) is 4.39 Å². The number of nitrogens with zero attached hydrogens (tertiary/aromatic N) is 1. The molecule has 0 saturated heterocycles. The predicted octanol–water partition coefficient (Wildman–Crippen LogP) is 3.64. The second-order valence-electron chi connectivity index (χ2n) is 3.99. The van der Waals surface area contributed by atoms with Crippen molar-refractivity contribution in [2.24, 2.45) is 0 Å². The highest BCUT2D eigenvalue weighted by Gasteiger charge is 2.10. The maximum atomic E-state index is 13.0. The monoisotopic (exact) mass is 235 g/mol. The summed E-state index contributed by atoms with van der Waals surface area (Å²) in [5, 5.41) is 9.05. The number of ether oxygens (including phenoxy) is 1. The topological polar surface area (TPSA) is 33.0 Å². The van der Waals surface area contributed by atoms with E-state index in [0.29, 0.717) is 13.0 Å². The second kappa shape index (κ2) is 7.81. The lowest BCUT2D eigenvalue weighted by atomic mass is 9.98. The fourth-order valence-corrected chi connectivity index (χ4v) is 1.58. The fraction of sp³-hybridized carbons (Fsp3) is 0.500. The van der Waals surface area contributed by atoms with Crippen molar-refractivity contribution in [3.8, 4) is 6.07 Å². The van der Waals surface area contributed by atoms with Crippen molar-refractivity contribution in [3.63, 3.8) is 0 Å². The molecule has 0 bridgehead atoms. The maximum Gasteiger partial charge on any atom is 0.123 e. The predicted molar refractivity (Wildman–Crippen MR) is 65.1 cm³/mol. The summed E-state index contributed by atoms with van der Waals surface area (Å²) in [5.74, 6) is -0.582. The van der Waals surface area contributed by atoms with E-state index in [1.54, 1.807) is 12.1 Å². The minimum absolute atomic E-state index is 0.285. The molecular weight excluding hydrogens is 217 g/mol. The first-order chi connectivity index (χ1) is 8.27.